The molecule has 0 aromatic carbocycles. The minimum absolute atomic E-state index is 0.161. The van der Waals surface area contributed by atoms with Gasteiger partial charge >= 0.3 is 0 Å². The van der Waals surface area contributed by atoms with Gasteiger partial charge in [0.25, 0.3) is 0 Å². The molecular weight excluding hydrogens is 336 g/mol. The molecule has 0 unspecified atom stereocenters. The highest BCUT2D eigenvalue weighted by molar-refractivity contribution is 7.09. The molecule has 2 saturated heterocycles. The van der Waals surface area contributed by atoms with E-state index in [2.05, 4.69) is 10.4 Å². The maximum absolute atomic E-state index is 12.6. The molecule has 138 valence electrons. The van der Waals surface area contributed by atoms with E-state index in [-0.39, 0.29) is 17.6 Å². The van der Waals surface area contributed by atoms with E-state index < -0.39 is 0 Å². The molecule has 1 aromatic heterocycles. The van der Waals surface area contributed by atoms with Crippen LogP contribution in [-0.4, -0.2) is 47.2 Å². The monoisotopic (exact) mass is 364 g/mol. The van der Waals surface area contributed by atoms with Crippen molar-refractivity contribution in [1.82, 2.24) is 9.88 Å². The maximum Gasteiger partial charge on any atom is 0.225 e. The number of nitrogens with zero attached hydrogens (tertiary/aromatic N) is 2. The molecule has 6 heteroatoms. The summed E-state index contributed by atoms with van der Waals surface area (Å²) in [4.78, 5) is 19.1. The number of aromatic nitrogens is 1. The van der Waals surface area contributed by atoms with E-state index in [4.69, 9.17) is 9.47 Å². The number of rotatable bonds is 4. The highest BCUT2D eigenvalue weighted by Crippen LogP contribution is 2.37. The third-order valence-electron chi connectivity index (χ3n) is 5.81. The third-order valence-corrected chi connectivity index (χ3v) is 6.63. The molecule has 25 heavy (non-hydrogen) atoms. The summed E-state index contributed by atoms with van der Waals surface area (Å²) in [6.45, 7) is 4.82. The van der Waals surface area contributed by atoms with E-state index >= 15 is 0 Å². The molecule has 1 atom stereocenters. The minimum Gasteiger partial charge on any atom is -0.372 e. The van der Waals surface area contributed by atoms with Crippen molar-refractivity contribution in [1.29, 1.82) is 0 Å². The predicted octanol–water partition coefficient (Wildman–Crippen LogP) is 3.31. The largest absolute Gasteiger partial charge is 0.372 e. The molecule has 0 bridgehead atoms. The van der Waals surface area contributed by atoms with Crippen molar-refractivity contribution in [3.05, 3.63) is 16.1 Å². The molecule has 1 saturated carbocycles. The highest BCUT2D eigenvalue weighted by Gasteiger charge is 2.50. The topological polar surface area (TPSA) is 51.7 Å². The van der Waals surface area contributed by atoms with Crippen LogP contribution in [-0.2, 0) is 20.9 Å². The lowest BCUT2D eigenvalue weighted by molar-refractivity contribution is -0.204. The van der Waals surface area contributed by atoms with Crippen LogP contribution in [0.15, 0.2) is 5.38 Å². The Morgan fingerprint density at radius 3 is 2.88 bits per heavy atom. The fourth-order valence-corrected chi connectivity index (χ4v) is 5.03. The van der Waals surface area contributed by atoms with Gasteiger partial charge in [0, 0.05) is 24.3 Å². The molecule has 2 aliphatic heterocycles. The Kier molecular flexibility index (Phi) is 5.11. The molecule has 4 rings (SSSR count). The van der Waals surface area contributed by atoms with Crippen molar-refractivity contribution in [3.63, 3.8) is 0 Å². The van der Waals surface area contributed by atoms with Crippen LogP contribution in [0.4, 0.5) is 0 Å². The van der Waals surface area contributed by atoms with Gasteiger partial charge in [-0.1, -0.05) is 19.3 Å². The van der Waals surface area contributed by atoms with Gasteiger partial charge in [-0.2, -0.15) is 0 Å². The lowest BCUT2D eigenvalue weighted by atomic mass is 9.82. The summed E-state index contributed by atoms with van der Waals surface area (Å²) >= 11 is 1.66. The number of carbonyl (C=O) groups excluding carboxylic acids is 1. The Balaban J connectivity index is 1.26. The molecule has 1 amide bonds. The number of likely N-dealkylation sites (tertiary alicyclic amines) is 1. The van der Waals surface area contributed by atoms with Gasteiger partial charge in [-0.3, -0.25) is 4.79 Å². The molecule has 3 fully saturated rings. The van der Waals surface area contributed by atoms with E-state index in [1.807, 2.05) is 11.8 Å². The average molecular weight is 365 g/mol. The number of amides is 1. The number of thiazole rings is 1. The van der Waals surface area contributed by atoms with Crippen LogP contribution in [0.1, 0.15) is 55.6 Å². The van der Waals surface area contributed by atoms with Crippen LogP contribution >= 0.6 is 11.3 Å². The van der Waals surface area contributed by atoms with Crippen molar-refractivity contribution < 1.29 is 14.3 Å². The lowest BCUT2D eigenvalue weighted by Crippen LogP contribution is -2.68. The average Bonchev–Trinajstić information content (AvgIpc) is 3.03. The smallest absolute Gasteiger partial charge is 0.225 e. The summed E-state index contributed by atoms with van der Waals surface area (Å²) in [7, 11) is 0. The zero-order valence-corrected chi connectivity index (χ0v) is 15.9. The molecule has 5 nitrogen and oxygen atoms in total. The van der Waals surface area contributed by atoms with Gasteiger partial charge in [-0.05, 0) is 26.2 Å². The van der Waals surface area contributed by atoms with Crippen LogP contribution in [0.5, 0.6) is 0 Å². The second-order valence-electron chi connectivity index (χ2n) is 7.84. The van der Waals surface area contributed by atoms with E-state index in [1.165, 1.54) is 19.3 Å². The van der Waals surface area contributed by atoms with Crippen molar-refractivity contribution in [2.45, 2.75) is 70.2 Å². The number of hydrogen-bond acceptors (Lipinski definition) is 5. The normalized spacial score (nSPS) is 26.6. The van der Waals surface area contributed by atoms with Gasteiger partial charge in [0.1, 0.15) is 5.60 Å². The first-order chi connectivity index (χ1) is 12.1. The molecule has 1 aromatic rings. The molecule has 0 radical (unpaired) electrons. The second kappa shape index (κ2) is 7.33. The minimum atomic E-state index is -0.161. The fourth-order valence-electron chi connectivity index (χ4n) is 4.44. The molecule has 1 spiro atoms. The first-order valence-electron chi connectivity index (χ1n) is 9.59. The highest BCUT2D eigenvalue weighted by atomic mass is 32.1. The first-order valence-corrected chi connectivity index (χ1v) is 10.5. The van der Waals surface area contributed by atoms with Crippen LogP contribution in [0.2, 0.25) is 0 Å². The second-order valence-corrected chi connectivity index (χ2v) is 8.91. The summed E-state index contributed by atoms with van der Waals surface area (Å²) < 4.78 is 12.2. The number of aryl methyl sites for hydroxylation is 1. The van der Waals surface area contributed by atoms with Crippen LogP contribution in [0.3, 0.4) is 0 Å². The third kappa shape index (κ3) is 3.91. The van der Waals surface area contributed by atoms with Crippen molar-refractivity contribution in [3.8, 4) is 0 Å². The number of hydrogen-bond donors (Lipinski definition) is 0. The first kappa shape index (κ1) is 17.4. The van der Waals surface area contributed by atoms with E-state index in [0.717, 1.165) is 56.1 Å². The number of ether oxygens (including phenoxy) is 2. The van der Waals surface area contributed by atoms with Crippen molar-refractivity contribution >= 4 is 17.2 Å². The van der Waals surface area contributed by atoms with E-state index in [1.54, 1.807) is 11.3 Å². The summed E-state index contributed by atoms with van der Waals surface area (Å²) in [5.74, 6) is 0.615. The Hall–Kier alpha value is -0.980. The van der Waals surface area contributed by atoms with E-state index in [0.29, 0.717) is 12.5 Å². The van der Waals surface area contributed by atoms with Gasteiger partial charge in [-0.25, -0.2) is 4.98 Å². The van der Waals surface area contributed by atoms with Crippen LogP contribution < -0.4 is 0 Å². The zero-order chi connectivity index (χ0) is 17.3. The van der Waals surface area contributed by atoms with Gasteiger partial charge in [-0.15, -0.1) is 11.3 Å². The Morgan fingerprint density at radius 2 is 2.16 bits per heavy atom. The van der Waals surface area contributed by atoms with Gasteiger partial charge < -0.3 is 14.4 Å². The quantitative estimate of drug-likeness (QED) is 0.822. The fraction of sp³-hybridized carbons (Fsp3) is 0.789. The summed E-state index contributed by atoms with van der Waals surface area (Å²) in [6.07, 6.45) is 7.88. The van der Waals surface area contributed by atoms with Gasteiger partial charge in [0.05, 0.1) is 36.5 Å². The van der Waals surface area contributed by atoms with Crippen LogP contribution in [0, 0.1) is 12.8 Å². The summed E-state index contributed by atoms with van der Waals surface area (Å²) in [6, 6.07) is 0. The van der Waals surface area contributed by atoms with Crippen molar-refractivity contribution in [2.24, 2.45) is 5.92 Å². The molecule has 3 heterocycles. The predicted molar refractivity (Wildman–Crippen MR) is 96.5 cm³/mol. The molecular formula is C19H28N2O3S. The van der Waals surface area contributed by atoms with Gasteiger partial charge in [0.2, 0.25) is 5.91 Å². The Morgan fingerprint density at radius 1 is 1.36 bits per heavy atom. The van der Waals surface area contributed by atoms with Gasteiger partial charge in [0.15, 0.2) is 0 Å². The maximum atomic E-state index is 12.6. The zero-order valence-electron chi connectivity index (χ0n) is 15.0. The summed E-state index contributed by atoms with van der Waals surface area (Å²) in [5, 5.41) is 3.15. The Bertz CT molecular complexity index is 606. The molecule has 0 N–H and O–H groups in total. The van der Waals surface area contributed by atoms with Crippen molar-refractivity contribution in [2.75, 3.05) is 19.7 Å². The standard InChI is InChI=1S/C19H28N2O3S/c1-14-20-16(11-25-14)10-23-17-7-8-24-19(9-17)12-21(13-19)18(22)15-5-3-2-4-6-15/h11,15,17H,2-10,12-13H2,1H3/t17-/m0/s1. The van der Waals surface area contributed by atoms with Crippen LogP contribution in [0.25, 0.3) is 0 Å². The lowest BCUT2D eigenvalue weighted by Gasteiger charge is -2.53. The molecule has 3 aliphatic rings. The molecule has 1 aliphatic carbocycles. The Labute approximate surface area is 153 Å². The summed E-state index contributed by atoms with van der Waals surface area (Å²) in [5.41, 5.74) is 0.858. The van der Waals surface area contributed by atoms with E-state index in [9.17, 15) is 4.79 Å². The SMILES string of the molecule is Cc1nc(CO[C@H]2CCOC3(C2)CN(C(=O)C2CCCCC2)C3)cs1. The number of carbonyl (C=O) groups is 1.